The molecule has 1 rings (SSSR count). The van der Waals surface area contributed by atoms with E-state index in [-0.39, 0.29) is 5.91 Å². The Labute approximate surface area is 82.4 Å². The third-order valence-corrected chi connectivity index (χ3v) is 3.30. The third-order valence-electron chi connectivity index (χ3n) is 2.01. The highest BCUT2D eigenvalue weighted by Gasteiger charge is 2.18. The van der Waals surface area contributed by atoms with Gasteiger partial charge in [-0.2, -0.15) is 0 Å². The first-order valence-electron chi connectivity index (χ1n) is 4.12. The van der Waals surface area contributed by atoms with Crippen molar-refractivity contribution in [2.45, 2.75) is 13.3 Å². The maximum Gasteiger partial charge on any atom is 0.222 e. The number of nitrogens with zero attached hydrogens (tertiary/aromatic N) is 2. The van der Waals surface area contributed by atoms with Crippen LogP contribution in [-0.4, -0.2) is 41.3 Å². The molecule has 1 fully saturated rings. The van der Waals surface area contributed by atoms with Crippen LogP contribution >= 0.6 is 22.6 Å². The number of carbonyl (C=O) groups is 1. The van der Waals surface area contributed by atoms with E-state index in [9.17, 15) is 4.79 Å². The topological polar surface area (TPSA) is 23.6 Å². The summed E-state index contributed by atoms with van der Waals surface area (Å²) in [5.74, 6) is 0.263. The Kier molecular flexibility index (Phi) is 4.25. The Morgan fingerprint density at radius 2 is 2.00 bits per heavy atom. The van der Waals surface area contributed by atoms with Crippen molar-refractivity contribution in [3.8, 4) is 0 Å². The first-order chi connectivity index (χ1) is 5.77. The van der Waals surface area contributed by atoms with Crippen LogP contribution in [0.4, 0.5) is 0 Å². The van der Waals surface area contributed by atoms with Gasteiger partial charge < -0.3 is 4.90 Å². The first-order valence-corrected chi connectivity index (χ1v) is 5.94. The predicted octanol–water partition coefficient (Wildman–Crippen LogP) is 1.03. The lowest BCUT2D eigenvalue weighted by Gasteiger charge is -2.32. The lowest BCUT2D eigenvalue weighted by molar-refractivity contribution is -0.131. The van der Waals surface area contributed by atoms with Gasteiger partial charge in [0.2, 0.25) is 5.91 Å². The van der Waals surface area contributed by atoms with Gasteiger partial charge in [-0.25, -0.2) is 4.31 Å². The summed E-state index contributed by atoms with van der Waals surface area (Å²) in [6.45, 7) is 5.46. The van der Waals surface area contributed by atoms with Gasteiger partial charge in [-0.15, -0.1) is 0 Å². The summed E-state index contributed by atoms with van der Waals surface area (Å²) in [7, 11) is 1.46. The van der Waals surface area contributed by atoms with Gasteiger partial charge in [0.25, 0.3) is 0 Å². The minimum Gasteiger partial charge on any atom is -0.340 e. The second kappa shape index (κ2) is 4.99. The highest BCUT2D eigenvalue weighted by Crippen LogP contribution is 2.16. The number of piperazine rings is 1. The van der Waals surface area contributed by atoms with Crippen LogP contribution in [0, 0.1) is 0 Å². The Morgan fingerprint density at radius 1 is 1.42 bits per heavy atom. The van der Waals surface area contributed by atoms with Gasteiger partial charge in [0, 0.05) is 32.6 Å². The summed E-state index contributed by atoms with van der Waals surface area (Å²) in [4.78, 5) is 13.2. The first kappa shape index (κ1) is 10.2. The van der Waals surface area contributed by atoms with Crippen LogP contribution in [0.2, 0.25) is 0 Å². The number of hydrogen-bond acceptors (Lipinski definition) is 4. The Morgan fingerprint density at radius 3 is 2.42 bits per heavy atom. The van der Waals surface area contributed by atoms with Crippen molar-refractivity contribution in [3.63, 3.8) is 0 Å². The summed E-state index contributed by atoms with van der Waals surface area (Å²) in [6.07, 6.45) is 0.619. The van der Waals surface area contributed by atoms with E-state index >= 15 is 0 Å². The fourth-order valence-electron chi connectivity index (χ4n) is 1.24. The second-order valence-electron chi connectivity index (χ2n) is 2.75. The van der Waals surface area contributed by atoms with Crippen LogP contribution in [0.15, 0.2) is 0 Å². The zero-order valence-corrected chi connectivity index (χ0v) is 8.90. The van der Waals surface area contributed by atoms with Crippen LogP contribution in [0.5, 0.6) is 0 Å². The zero-order valence-electron chi connectivity index (χ0n) is 7.19. The van der Waals surface area contributed by atoms with Crippen molar-refractivity contribution < 1.29 is 4.79 Å². The van der Waals surface area contributed by atoms with E-state index in [1.54, 1.807) is 0 Å². The molecule has 0 N–H and O–H groups in total. The number of rotatable bonds is 2. The van der Waals surface area contributed by atoms with Gasteiger partial charge >= 0.3 is 0 Å². The quantitative estimate of drug-likeness (QED) is 0.415. The number of thiol groups is 1. The molecule has 0 bridgehead atoms. The molecule has 1 aliphatic heterocycles. The molecule has 1 saturated heterocycles. The van der Waals surface area contributed by atoms with Crippen LogP contribution in [-0.2, 0) is 4.79 Å². The molecule has 3 nitrogen and oxygen atoms in total. The lowest BCUT2D eigenvalue weighted by Crippen LogP contribution is -2.45. The molecule has 0 spiro atoms. The fraction of sp³-hybridized carbons (Fsp3) is 0.857. The Bertz CT molecular complexity index is 157. The maximum absolute atomic E-state index is 11.2. The van der Waals surface area contributed by atoms with E-state index in [4.69, 9.17) is 0 Å². The predicted molar refractivity (Wildman–Crippen MR) is 55.0 cm³/mol. The van der Waals surface area contributed by atoms with Crippen molar-refractivity contribution in [1.82, 2.24) is 9.21 Å². The monoisotopic (exact) mass is 206 g/mol. The van der Waals surface area contributed by atoms with Crippen molar-refractivity contribution in [3.05, 3.63) is 0 Å². The molecule has 1 heterocycles. The average molecular weight is 206 g/mol. The van der Waals surface area contributed by atoms with Crippen molar-refractivity contribution in [2.75, 3.05) is 26.2 Å². The molecule has 0 aromatic heterocycles. The van der Waals surface area contributed by atoms with E-state index in [2.05, 4.69) is 16.0 Å². The maximum atomic E-state index is 11.2. The van der Waals surface area contributed by atoms with Crippen LogP contribution in [0.3, 0.4) is 0 Å². The SMILES string of the molecule is CCC(=O)N1CCN(SS)CC1. The number of carbonyl (C=O) groups excluding carboxylic acids is 1. The van der Waals surface area contributed by atoms with Crippen LogP contribution < -0.4 is 0 Å². The molecule has 12 heavy (non-hydrogen) atoms. The van der Waals surface area contributed by atoms with Crippen LogP contribution in [0.1, 0.15) is 13.3 Å². The van der Waals surface area contributed by atoms with Gasteiger partial charge in [-0.3, -0.25) is 4.79 Å². The standard InChI is InChI=1S/C7H14N2OS2/c1-2-7(10)8-3-5-9(12-11)6-4-8/h11H,2-6H2,1H3. The molecule has 5 heteroatoms. The minimum atomic E-state index is 0.263. The van der Waals surface area contributed by atoms with Crippen molar-refractivity contribution in [1.29, 1.82) is 0 Å². The molecule has 1 amide bonds. The van der Waals surface area contributed by atoms with E-state index in [0.717, 1.165) is 26.2 Å². The smallest absolute Gasteiger partial charge is 0.222 e. The van der Waals surface area contributed by atoms with E-state index < -0.39 is 0 Å². The Balaban J connectivity index is 2.30. The van der Waals surface area contributed by atoms with Crippen LogP contribution in [0.25, 0.3) is 0 Å². The summed E-state index contributed by atoms with van der Waals surface area (Å²) in [5.41, 5.74) is 0. The molecular formula is C7H14N2OS2. The van der Waals surface area contributed by atoms with Gasteiger partial charge in [0.1, 0.15) is 0 Å². The lowest BCUT2D eigenvalue weighted by atomic mass is 10.3. The summed E-state index contributed by atoms with van der Waals surface area (Å²) < 4.78 is 2.16. The molecular weight excluding hydrogens is 192 g/mol. The molecule has 0 atom stereocenters. The highest BCUT2D eigenvalue weighted by atomic mass is 33.1. The van der Waals surface area contributed by atoms with Gasteiger partial charge in [0.05, 0.1) is 0 Å². The normalized spacial score (nSPS) is 19.7. The molecule has 0 aromatic rings. The van der Waals surface area contributed by atoms with Crippen molar-refractivity contribution in [2.24, 2.45) is 0 Å². The third kappa shape index (κ3) is 2.57. The molecule has 0 aromatic carbocycles. The fourth-order valence-corrected chi connectivity index (χ4v) is 2.06. The molecule has 0 radical (unpaired) electrons. The number of amides is 1. The largest absolute Gasteiger partial charge is 0.340 e. The van der Waals surface area contributed by atoms with E-state index in [1.165, 1.54) is 11.0 Å². The Hall–Kier alpha value is 0.130. The molecule has 0 unspecified atom stereocenters. The summed E-state index contributed by atoms with van der Waals surface area (Å²) >= 11 is 4.11. The summed E-state index contributed by atoms with van der Waals surface area (Å²) in [5, 5.41) is 0. The molecule has 1 aliphatic rings. The number of hydrogen-bond donors (Lipinski definition) is 1. The van der Waals surface area contributed by atoms with Crippen molar-refractivity contribution >= 4 is 28.5 Å². The van der Waals surface area contributed by atoms with E-state index in [0.29, 0.717) is 6.42 Å². The van der Waals surface area contributed by atoms with Gasteiger partial charge in [-0.05, 0) is 11.0 Å². The zero-order chi connectivity index (χ0) is 8.97. The van der Waals surface area contributed by atoms with Gasteiger partial charge in [0.15, 0.2) is 0 Å². The highest BCUT2D eigenvalue weighted by molar-refractivity contribution is 8.67. The van der Waals surface area contributed by atoms with Gasteiger partial charge in [-0.1, -0.05) is 18.6 Å². The summed E-state index contributed by atoms with van der Waals surface area (Å²) in [6, 6.07) is 0. The van der Waals surface area contributed by atoms with E-state index in [1.807, 2.05) is 11.8 Å². The second-order valence-corrected chi connectivity index (χ2v) is 3.91. The average Bonchev–Trinajstić information content (AvgIpc) is 2.17. The molecule has 0 saturated carbocycles. The molecule has 0 aliphatic carbocycles. The minimum absolute atomic E-state index is 0.263. The molecule has 70 valence electrons.